The third kappa shape index (κ3) is 4.20. The average molecular weight is 242 g/mol. The highest BCUT2D eigenvalue weighted by molar-refractivity contribution is 7.09. The maximum atomic E-state index is 5.15. The Kier molecular flexibility index (Phi) is 5.95. The van der Waals surface area contributed by atoms with Crippen molar-refractivity contribution in [3.63, 3.8) is 0 Å². The summed E-state index contributed by atoms with van der Waals surface area (Å²) in [6.45, 7) is 7.49. The lowest BCUT2D eigenvalue weighted by Gasteiger charge is -2.25. The fraction of sp³-hybridized carbons (Fsp3) is 0.750. The Morgan fingerprint density at radius 3 is 2.69 bits per heavy atom. The lowest BCUT2D eigenvalue weighted by atomic mass is 10.0. The minimum atomic E-state index is 0.372. The molecule has 0 saturated carbocycles. The summed E-state index contributed by atoms with van der Waals surface area (Å²) < 4.78 is 5.15. The van der Waals surface area contributed by atoms with E-state index < -0.39 is 0 Å². The molecule has 0 aromatic carbocycles. The van der Waals surface area contributed by atoms with Crippen LogP contribution in [0.15, 0.2) is 11.7 Å². The van der Waals surface area contributed by atoms with Gasteiger partial charge in [-0.05, 0) is 19.3 Å². The van der Waals surface area contributed by atoms with Gasteiger partial charge in [0.1, 0.15) is 0 Å². The van der Waals surface area contributed by atoms with Gasteiger partial charge in [0.2, 0.25) is 0 Å². The Bertz CT molecular complexity index is 275. The van der Waals surface area contributed by atoms with Gasteiger partial charge < -0.3 is 10.1 Å². The molecule has 16 heavy (non-hydrogen) atoms. The minimum Gasteiger partial charge on any atom is -0.385 e. The summed E-state index contributed by atoms with van der Waals surface area (Å²) in [5, 5.41) is 3.64. The average Bonchev–Trinajstić information content (AvgIpc) is 2.76. The zero-order valence-corrected chi connectivity index (χ0v) is 11.4. The Hall–Kier alpha value is -0.450. The summed E-state index contributed by atoms with van der Waals surface area (Å²) in [5.74, 6) is 0.616. The van der Waals surface area contributed by atoms with Crippen LogP contribution in [-0.4, -0.2) is 24.7 Å². The molecule has 1 N–H and O–H groups in total. The van der Waals surface area contributed by atoms with E-state index in [4.69, 9.17) is 4.74 Å². The standard InChI is InChI=1S/C12H22N2OS/c1-9(2)11(5-6-15-4)14-10(3)12-7-13-8-16-12/h7-11,14H,5-6H2,1-4H3. The van der Waals surface area contributed by atoms with E-state index in [1.54, 1.807) is 18.4 Å². The molecule has 0 amide bonds. The smallest absolute Gasteiger partial charge is 0.0794 e. The second-order valence-electron chi connectivity index (χ2n) is 4.42. The number of hydrogen-bond donors (Lipinski definition) is 1. The molecular formula is C12H22N2OS. The summed E-state index contributed by atoms with van der Waals surface area (Å²) in [6.07, 6.45) is 2.99. The summed E-state index contributed by atoms with van der Waals surface area (Å²) in [5.41, 5.74) is 1.88. The van der Waals surface area contributed by atoms with E-state index in [9.17, 15) is 0 Å². The molecule has 0 aliphatic heterocycles. The number of methoxy groups -OCH3 is 1. The number of nitrogens with zero attached hydrogens (tertiary/aromatic N) is 1. The van der Waals surface area contributed by atoms with Gasteiger partial charge in [-0.25, -0.2) is 0 Å². The van der Waals surface area contributed by atoms with Gasteiger partial charge in [-0.15, -0.1) is 11.3 Å². The van der Waals surface area contributed by atoms with Gasteiger partial charge in [0.15, 0.2) is 0 Å². The van der Waals surface area contributed by atoms with Crippen molar-refractivity contribution in [3.8, 4) is 0 Å². The van der Waals surface area contributed by atoms with Crippen LogP contribution in [0.25, 0.3) is 0 Å². The van der Waals surface area contributed by atoms with E-state index in [-0.39, 0.29) is 0 Å². The zero-order valence-electron chi connectivity index (χ0n) is 10.6. The molecule has 0 fully saturated rings. The maximum absolute atomic E-state index is 5.15. The topological polar surface area (TPSA) is 34.1 Å². The van der Waals surface area contributed by atoms with Crippen molar-refractivity contribution in [1.29, 1.82) is 0 Å². The number of hydrogen-bond acceptors (Lipinski definition) is 4. The highest BCUT2D eigenvalue weighted by Gasteiger charge is 2.17. The van der Waals surface area contributed by atoms with Crippen LogP contribution in [0.3, 0.4) is 0 Å². The van der Waals surface area contributed by atoms with Gasteiger partial charge in [-0.3, -0.25) is 4.98 Å². The molecule has 1 aromatic rings. The summed E-state index contributed by atoms with van der Waals surface area (Å²) >= 11 is 1.70. The molecule has 3 nitrogen and oxygen atoms in total. The van der Waals surface area contributed by atoms with Crippen molar-refractivity contribution < 1.29 is 4.74 Å². The van der Waals surface area contributed by atoms with E-state index in [1.807, 2.05) is 11.7 Å². The van der Waals surface area contributed by atoms with Crippen molar-refractivity contribution in [2.45, 2.75) is 39.3 Å². The fourth-order valence-corrected chi connectivity index (χ4v) is 2.33. The van der Waals surface area contributed by atoms with Gasteiger partial charge in [0, 0.05) is 36.9 Å². The number of nitrogens with one attached hydrogen (secondary N) is 1. The molecule has 1 heterocycles. The van der Waals surface area contributed by atoms with Gasteiger partial charge in [-0.1, -0.05) is 13.8 Å². The molecule has 0 aliphatic carbocycles. The van der Waals surface area contributed by atoms with Crippen LogP contribution in [0.5, 0.6) is 0 Å². The number of rotatable bonds is 7. The summed E-state index contributed by atoms with van der Waals surface area (Å²) in [6, 6.07) is 0.869. The van der Waals surface area contributed by atoms with Gasteiger partial charge in [-0.2, -0.15) is 0 Å². The minimum absolute atomic E-state index is 0.372. The van der Waals surface area contributed by atoms with Crippen molar-refractivity contribution in [2.24, 2.45) is 5.92 Å². The Labute approximate surface area is 102 Å². The second-order valence-corrected chi connectivity index (χ2v) is 5.34. The first-order chi connectivity index (χ1) is 7.65. The second kappa shape index (κ2) is 6.99. The Morgan fingerprint density at radius 1 is 1.44 bits per heavy atom. The monoisotopic (exact) mass is 242 g/mol. The van der Waals surface area contributed by atoms with Crippen LogP contribution in [0.1, 0.15) is 38.1 Å². The molecule has 2 unspecified atom stereocenters. The van der Waals surface area contributed by atoms with E-state index in [2.05, 4.69) is 31.1 Å². The molecule has 0 spiro atoms. The largest absolute Gasteiger partial charge is 0.385 e. The van der Waals surface area contributed by atoms with Crippen LogP contribution in [0.4, 0.5) is 0 Å². The normalized spacial score (nSPS) is 15.3. The first-order valence-corrected chi connectivity index (χ1v) is 6.66. The predicted octanol–water partition coefficient (Wildman–Crippen LogP) is 2.85. The van der Waals surface area contributed by atoms with Gasteiger partial charge in [0.05, 0.1) is 5.51 Å². The summed E-state index contributed by atoms with van der Waals surface area (Å²) in [7, 11) is 1.75. The molecule has 0 aliphatic rings. The Morgan fingerprint density at radius 2 is 2.19 bits per heavy atom. The van der Waals surface area contributed by atoms with Crippen molar-refractivity contribution in [1.82, 2.24) is 10.3 Å². The molecule has 0 saturated heterocycles. The van der Waals surface area contributed by atoms with Crippen LogP contribution >= 0.6 is 11.3 Å². The van der Waals surface area contributed by atoms with E-state index in [0.717, 1.165) is 13.0 Å². The number of ether oxygens (including phenoxy) is 1. The quantitative estimate of drug-likeness (QED) is 0.798. The molecular weight excluding hydrogens is 220 g/mol. The van der Waals surface area contributed by atoms with E-state index >= 15 is 0 Å². The first kappa shape index (κ1) is 13.6. The molecule has 4 heteroatoms. The lowest BCUT2D eigenvalue weighted by Crippen LogP contribution is -2.36. The van der Waals surface area contributed by atoms with Crippen molar-refractivity contribution >= 4 is 11.3 Å². The third-order valence-electron chi connectivity index (χ3n) is 2.78. The highest BCUT2D eigenvalue weighted by Crippen LogP contribution is 2.19. The van der Waals surface area contributed by atoms with Crippen LogP contribution in [0, 0.1) is 5.92 Å². The van der Waals surface area contributed by atoms with Crippen LogP contribution in [-0.2, 0) is 4.74 Å². The van der Waals surface area contributed by atoms with Crippen molar-refractivity contribution in [3.05, 3.63) is 16.6 Å². The first-order valence-electron chi connectivity index (χ1n) is 5.78. The Balaban J connectivity index is 2.47. The lowest BCUT2D eigenvalue weighted by molar-refractivity contribution is 0.171. The SMILES string of the molecule is COCCC(NC(C)c1cncs1)C(C)C. The summed E-state index contributed by atoms with van der Waals surface area (Å²) in [4.78, 5) is 5.41. The number of thiazole rings is 1. The number of aromatic nitrogens is 1. The van der Waals surface area contributed by atoms with Gasteiger partial charge >= 0.3 is 0 Å². The zero-order chi connectivity index (χ0) is 12.0. The molecule has 0 radical (unpaired) electrons. The molecule has 1 aromatic heterocycles. The van der Waals surface area contributed by atoms with E-state index in [0.29, 0.717) is 18.0 Å². The van der Waals surface area contributed by atoms with E-state index in [1.165, 1.54) is 4.88 Å². The fourth-order valence-electron chi connectivity index (χ4n) is 1.70. The van der Waals surface area contributed by atoms with Crippen LogP contribution < -0.4 is 5.32 Å². The van der Waals surface area contributed by atoms with Gasteiger partial charge in [0.25, 0.3) is 0 Å². The predicted molar refractivity (Wildman–Crippen MR) is 68.8 cm³/mol. The molecule has 1 rings (SSSR count). The maximum Gasteiger partial charge on any atom is 0.0794 e. The molecule has 2 atom stereocenters. The van der Waals surface area contributed by atoms with Crippen LogP contribution in [0.2, 0.25) is 0 Å². The van der Waals surface area contributed by atoms with Crippen molar-refractivity contribution in [2.75, 3.05) is 13.7 Å². The highest BCUT2D eigenvalue weighted by atomic mass is 32.1. The molecule has 92 valence electrons. The molecule has 0 bridgehead atoms. The third-order valence-corrected chi connectivity index (χ3v) is 3.74.